The molecule has 0 spiro atoms. The number of halogens is 1. The van der Waals surface area contributed by atoms with Crippen molar-refractivity contribution in [2.24, 2.45) is 0 Å². The van der Waals surface area contributed by atoms with Crippen LogP contribution in [0.25, 0.3) is 21.9 Å². The van der Waals surface area contributed by atoms with Gasteiger partial charge in [0.15, 0.2) is 0 Å². The van der Waals surface area contributed by atoms with E-state index in [0.717, 1.165) is 60.2 Å². The Morgan fingerprint density at radius 3 is 2.77 bits per heavy atom. The number of nitrogens with one attached hydrogen (secondary N) is 2. The minimum Gasteiger partial charge on any atom is -0.355 e. The van der Waals surface area contributed by atoms with E-state index in [9.17, 15) is 9.18 Å². The first-order chi connectivity index (χ1) is 15.1. The van der Waals surface area contributed by atoms with E-state index in [-0.39, 0.29) is 11.7 Å². The van der Waals surface area contributed by atoms with Crippen LogP contribution in [-0.4, -0.2) is 45.9 Å². The number of piperidine rings is 1. The van der Waals surface area contributed by atoms with Crippen molar-refractivity contribution in [3.63, 3.8) is 0 Å². The SMILES string of the molecule is CNC(=O)c1ccc2nc(CN3CCC(c4ccnc5ccc(F)cc45)CC3)[nH]c2c1. The standard InChI is InChI=1S/C24H24FN5O/c1-26-24(31)16-2-4-21-22(12-16)29-23(28-21)14-30-10-7-15(8-11-30)18-6-9-27-20-5-3-17(25)13-19(18)20/h2-6,9,12-13,15H,7-8,10-11,14H2,1H3,(H,26,31)(H,28,29). The predicted molar refractivity (Wildman–Crippen MR) is 118 cm³/mol. The van der Waals surface area contributed by atoms with Gasteiger partial charge in [0.1, 0.15) is 11.6 Å². The third-order valence-electron chi connectivity index (χ3n) is 6.16. The van der Waals surface area contributed by atoms with E-state index in [1.807, 2.05) is 24.4 Å². The Hall–Kier alpha value is -3.32. The number of fused-ring (bicyclic) bond motifs is 2. The second-order valence-electron chi connectivity index (χ2n) is 8.11. The van der Waals surface area contributed by atoms with Crippen molar-refractivity contribution in [1.82, 2.24) is 25.2 Å². The van der Waals surface area contributed by atoms with Crippen LogP contribution in [0.2, 0.25) is 0 Å². The Bertz CT molecular complexity index is 1260. The summed E-state index contributed by atoms with van der Waals surface area (Å²) in [5.41, 5.74) is 4.39. The van der Waals surface area contributed by atoms with Gasteiger partial charge in [0, 0.05) is 24.2 Å². The van der Waals surface area contributed by atoms with Crippen LogP contribution in [0.15, 0.2) is 48.7 Å². The van der Waals surface area contributed by atoms with Crippen LogP contribution >= 0.6 is 0 Å². The van der Waals surface area contributed by atoms with Gasteiger partial charge in [-0.2, -0.15) is 0 Å². The zero-order valence-corrected chi connectivity index (χ0v) is 17.4. The van der Waals surface area contributed by atoms with Crippen molar-refractivity contribution in [3.05, 3.63) is 71.4 Å². The number of carbonyl (C=O) groups excluding carboxylic acids is 1. The molecule has 6 nitrogen and oxygen atoms in total. The lowest BCUT2D eigenvalue weighted by molar-refractivity contribution is 0.0963. The molecule has 0 bridgehead atoms. The lowest BCUT2D eigenvalue weighted by Crippen LogP contribution is -2.32. The maximum Gasteiger partial charge on any atom is 0.251 e. The Morgan fingerprint density at radius 1 is 1.16 bits per heavy atom. The number of imidazole rings is 1. The van der Waals surface area contributed by atoms with Crippen molar-refractivity contribution in [1.29, 1.82) is 0 Å². The first-order valence-corrected chi connectivity index (χ1v) is 10.6. The topological polar surface area (TPSA) is 73.9 Å². The summed E-state index contributed by atoms with van der Waals surface area (Å²) in [5.74, 6) is 0.973. The van der Waals surface area contributed by atoms with Gasteiger partial charge in [-0.1, -0.05) is 0 Å². The molecule has 4 aromatic rings. The van der Waals surface area contributed by atoms with E-state index in [0.29, 0.717) is 11.5 Å². The number of rotatable bonds is 4. The summed E-state index contributed by atoms with van der Waals surface area (Å²) in [6.45, 7) is 2.64. The molecule has 7 heteroatoms. The minimum atomic E-state index is -0.219. The Kier molecular flexibility index (Phi) is 5.11. The van der Waals surface area contributed by atoms with E-state index < -0.39 is 0 Å². The average Bonchev–Trinajstić information content (AvgIpc) is 3.20. The van der Waals surface area contributed by atoms with Gasteiger partial charge in [-0.25, -0.2) is 9.37 Å². The molecule has 1 aliphatic heterocycles. The number of aromatic nitrogens is 3. The lowest BCUT2D eigenvalue weighted by Gasteiger charge is -2.32. The van der Waals surface area contributed by atoms with E-state index >= 15 is 0 Å². The maximum absolute atomic E-state index is 13.8. The average molecular weight is 417 g/mol. The number of likely N-dealkylation sites (tertiary alicyclic amines) is 1. The fourth-order valence-electron chi connectivity index (χ4n) is 4.53. The van der Waals surface area contributed by atoms with Crippen LogP contribution in [0.3, 0.4) is 0 Å². The van der Waals surface area contributed by atoms with Crippen LogP contribution in [0.4, 0.5) is 4.39 Å². The van der Waals surface area contributed by atoms with E-state index in [1.54, 1.807) is 25.2 Å². The molecule has 0 unspecified atom stereocenters. The normalized spacial score (nSPS) is 15.5. The monoisotopic (exact) mass is 417 g/mol. The molecule has 1 aliphatic rings. The molecule has 31 heavy (non-hydrogen) atoms. The molecule has 0 aliphatic carbocycles. The Labute approximate surface area is 179 Å². The van der Waals surface area contributed by atoms with Crippen molar-refractivity contribution in [2.75, 3.05) is 20.1 Å². The van der Waals surface area contributed by atoms with Crippen LogP contribution in [-0.2, 0) is 6.54 Å². The number of nitrogens with zero attached hydrogens (tertiary/aromatic N) is 3. The summed E-state index contributed by atoms with van der Waals surface area (Å²) in [6.07, 6.45) is 3.84. The van der Waals surface area contributed by atoms with Crippen molar-refractivity contribution in [2.45, 2.75) is 25.3 Å². The molecule has 1 amide bonds. The number of aromatic amines is 1. The molecule has 1 saturated heterocycles. The molecule has 0 saturated carbocycles. The molecule has 2 aromatic heterocycles. The van der Waals surface area contributed by atoms with Gasteiger partial charge < -0.3 is 10.3 Å². The van der Waals surface area contributed by atoms with Gasteiger partial charge >= 0.3 is 0 Å². The van der Waals surface area contributed by atoms with Gasteiger partial charge in [0.2, 0.25) is 0 Å². The van der Waals surface area contributed by atoms with Crippen LogP contribution < -0.4 is 5.32 Å². The van der Waals surface area contributed by atoms with Crippen LogP contribution in [0.1, 0.15) is 40.5 Å². The maximum atomic E-state index is 13.8. The number of amides is 1. The highest BCUT2D eigenvalue weighted by Crippen LogP contribution is 2.33. The fourth-order valence-corrected chi connectivity index (χ4v) is 4.53. The highest BCUT2D eigenvalue weighted by Gasteiger charge is 2.23. The zero-order valence-electron chi connectivity index (χ0n) is 17.4. The third-order valence-corrected chi connectivity index (χ3v) is 6.16. The van der Waals surface area contributed by atoms with Crippen molar-refractivity contribution >= 4 is 27.8 Å². The molecule has 3 heterocycles. The number of pyridine rings is 1. The Morgan fingerprint density at radius 2 is 1.97 bits per heavy atom. The Balaban J connectivity index is 1.28. The molecular weight excluding hydrogens is 393 g/mol. The largest absolute Gasteiger partial charge is 0.355 e. The summed E-state index contributed by atoms with van der Waals surface area (Å²) in [4.78, 5) is 26.6. The minimum absolute atomic E-state index is 0.108. The fraction of sp³-hybridized carbons (Fsp3) is 0.292. The highest BCUT2D eigenvalue weighted by atomic mass is 19.1. The van der Waals surface area contributed by atoms with E-state index in [4.69, 9.17) is 0 Å². The second-order valence-corrected chi connectivity index (χ2v) is 8.11. The first-order valence-electron chi connectivity index (χ1n) is 10.6. The van der Waals surface area contributed by atoms with E-state index in [2.05, 4.69) is 25.2 Å². The summed E-state index contributed by atoms with van der Waals surface area (Å²) in [6, 6.07) is 12.4. The van der Waals surface area contributed by atoms with Gasteiger partial charge in [0.25, 0.3) is 5.91 Å². The van der Waals surface area contributed by atoms with Gasteiger partial charge in [0.05, 0.1) is 23.1 Å². The molecule has 158 valence electrons. The second kappa shape index (κ2) is 8.07. The van der Waals surface area contributed by atoms with Crippen molar-refractivity contribution in [3.8, 4) is 0 Å². The van der Waals surface area contributed by atoms with E-state index in [1.165, 1.54) is 11.6 Å². The molecular formula is C24H24FN5O. The van der Waals surface area contributed by atoms with Crippen LogP contribution in [0, 0.1) is 5.82 Å². The molecule has 1 fully saturated rings. The molecule has 2 N–H and O–H groups in total. The first kappa shape index (κ1) is 19.6. The summed E-state index contributed by atoms with van der Waals surface area (Å²) in [7, 11) is 1.62. The summed E-state index contributed by atoms with van der Waals surface area (Å²) in [5, 5.41) is 3.57. The third kappa shape index (κ3) is 3.88. The number of hydrogen-bond donors (Lipinski definition) is 2. The lowest BCUT2D eigenvalue weighted by atomic mass is 9.87. The summed E-state index contributed by atoms with van der Waals surface area (Å²) >= 11 is 0. The summed E-state index contributed by atoms with van der Waals surface area (Å²) < 4.78 is 13.8. The molecule has 0 atom stereocenters. The number of hydrogen-bond acceptors (Lipinski definition) is 4. The van der Waals surface area contributed by atoms with Crippen molar-refractivity contribution < 1.29 is 9.18 Å². The molecule has 0 radical (unpaired) electrons. The van der Waals surface area contributed by atoms with Gasteiger partial charge in [-0.3, -0.25) is 14.7 Å². The highest BCUT2D eigenvalue weighted by molar-refractivity contribution is 5.97. The van der Waals surface area contributed by atoms with Gasteiger partial charge in [-0.05, 0) is 79.9 Å². The zero-order chi connectivity index (χ0) is 21.4. The number of H-pyrrole nitrogens is 1. The van der Waals surface area contributed by atoms with Gasteiger partial charge in [-0.15, -0.1) is 0 Å². The predicted octanol–water partition coefficient (Wildman–Crippen LogP) is 3.99. The smallest absolute Gasteiger partial charge is 0.251 e. The molecule has 2 aromatic carbocycles. The van der Waals surface area contributed by atoms with Crippen LogP contribution in [0.5, 0.6) is 0 Å². The molecule has 5 rings (SSSR count). The number of carbonyl (C=O) groups is 1. The number of benzene rings is 2. The quantitative estimate of drug-likeness (QED) is 0.527.